The Labute approximate surface area is 67.9 Å². The van der Waals surface area contributed by atoms with E-state index in [9.17, 15) is 14.4 Å². The van der Waals surface area contributed by atoms with Gasteiger partial charge in [-0.25, -0.2) is 4.79 Å². The predicted octanol–water partition coefficient (Wildman–Crippen LogP) is -1.21. The highest BCUT2D eigenvalue weighted by Gasteiger charge is 2.37. The minimum atomic E-state index is -1.29. The van der Waals surface area contributed by atoms with Crippen molar-refractivity contribution in [3.8, 4) is 0 Å². The molecule has 1 rings (SSSR count). The van der Waals surface area contributed by atoms with E-state index in [-0.39, 0.29) is 18.7 Å². The third-order valence-electron chi connectivity index (χ3n) is 1.72. The maximum Gasteiger partial charge on any atom is 0.408 e. The quantitative estimate of drug-likeness (QED) is 0.518. The molecule has 0 radical (unpaired) electrons. The number of hydrogen-bond donors (Lipinski definition) is 2. The summed E-state index contributed by atoms with van der Waals surface area (Å²) in [6.07, 6.45) is -1.38. The van der Waals surface area contributed by atoms with Gasteiger partial charge in [-0.05, 0) is 0 Å². The van der Waals surface area contributed by atoms with Crippen molar-refractivity contribution in [3.63, 3.8) is 0 Å². The van der Waals surface area contributed by atoms with E-state index in [0.29, 0.717) is 0 Å². The molecule has 1 fully saturated rings. The maximum absolute atomic E-state index is 10.8. The van der Waals surface area contributed by atoms with Gasteiger partial charge in [0.25, 0.3) is 0 Å². The van der Waals surface area contributed by atoms with E-state index in [4.69, 9.17) is 10.8 Å². The molecule has 0 saturated carbocycles. The molecule has 1 aliphatic rings. The van der Waals surface area contributed by atoms with Gasteiger partial charge in [0.15, 0.2) is 5.78 Å². The van der Waals surface area contributed by atoms with Crippen LogP contribution in [0.1, 0.15) is 6.42 Å². The van der Waals surface area contributed by atoms with Crippen LogP contribution in [0.25, 0.3) is 0 Å². The Morgan fingerprint density at radius 1 is 1.58 bits per heavy atom. The summed E-state index contributed by atoms with van der Waals surface area (Å²) in [4.78, 5) is 32.6. The fourth-order valence-corrected chi connectivity index (χ4v) is 1.15. The number of primary amides is 1. The van der Waals surface area contributed by atoms with E-state index in [2.05, 4.69) is 0 Å². The van der Waals surface area contributed by atoms with Gasteiger partial charge in [0.05, 0.1) is 6.54 Å². The number of ketones is 1. The van der Waals surface area contributed by atoms with E-state index in [1.807, 2.05) is 0 Å². The van der Waals surface area contributed by atoms with Gasteiger partial charge in [-0.2, -0.15) is 0 Å². The molecule has 3 N–H and O–H groups in total. The van der Waals surface area contributed by atoms with Gasteiger partial charge in [0.2, 0.25) is 5.91 Å². The number of likely N-dealkylation sites (tertiary alicyclic amines) is 1. The van der Waals surface area contributed by atoms with E-state index >= 15 is 0 Å². The molecule has 0 aromatic heterocycles. The van der Waals surface area contributed by atoms with Crippen LogP contribution in [0.2, 0.25) is 0 Å². The van der Waals surface area contributed by atoms with Crippen molar-refractivity contribution in [2.24, 2.45) is 5.73 Å². The Balaban J connectivity index is 2.79. The van der Waals surface area contributed by atoms with Gasteiger partial charge in [-0.3, -0.25) is 14.5 Å². The van der Waals surface area contributed by atoms with Crippen LogP contribution < -0.4 is 5.73 Å². The molecule has 1 unspecified atom stereocenters. The van der Waals surface area contributed by atoms with Gasteiger partial charge in [0.1, 0.15) is 6.04 Å². The minimum absolute atomic E-state index is 0.0956. The second-order valence-corrected chi connectivity index (χ2v) is 2.57. The summed E-state index contributed by atoms with van der Waals surface area (Å²) in [6, 6.07) is -0.977. The number of nitrogens with zero attached hydrogens (tertiary/aromatic N) is 1. The molecule has 0 spiro atoms. The van der Waals surface area contributed by atoms with E-state index < -0.39 is 18.0 Å². The normalized spacial score (nSPS) is 22.8. The average molecular weight is 172 g/mol. The maximum atomic E-state index is 10.8. The van der Waals surface area contributed by atoms with Crippen LogP contribution >= 0.6 is 0 Å². The summed E-state index contributed by atoms with van der Waals surface area (Å²) in [6.45, 7) is -0.233. The van der Waals surface area contributed by atoms with Gasteiger partial charge in [-0.15, -0.1) is 0 Å². The first-order valence-electron chi connectivity index (χ1n) is 3.33. The molecule has 0 aromatic rings. The highest BCUT2D eigenvalue weighted by atomic mass is 16.4. The van der Waals surface area contributed by atoms with Crippen molar-refractivity contribution < 1.29 is 19.5 Å². The second-order valence-electron chi connectivity index (χ2n) is 2.57. The molecule has 1 heterocycles. The van der Waals surface area contributed by atoms with Gasteiger partial charge < -0.3 is 10.8 Å². The molecule has 2 amide bonds. The summed E-state index contributed by atoms with van der Waals surface area (Å²) in [5.74, 6) is -1.05. The van der Waals surface area contributed by atoms with E-state index in [1.165, 1.54) is 0 Å². The zero-order chi connectivity index (χ0) is 9.30. The van der Waals surface area contributed by atoms with Crippen molar-refractivity contribution in [2.75, 3.05) is 6.54 Å². The van der Waals surface area contributed by atoms with Gasteiger partial charge in [0, 0.05) is 6.42 Å². The van der Waals surface area contributed by atoms with Crippen molar-refractivity contribution in [1.29, 1.82) is 0 Å². The minimum Gasteiger partial charge on any atom is -0.465 e. The first kappa shape index (κ1) is 8.51. The van der Waals surface area contributed by atoms with Crippen LogP contribution in [0.4, 0.5) is 4.79 Å². The lowest BCUT2D eigenvalue weighted by molar-refractivity contribution is -0.122. The number of carboxylic acid groups (broad SMARTS) is 1. The molecule has 0 bridgehead atoms. The van der Waals surface area contributed by atoms with Gasteiger partial charge >= 0.3 is 6.09 Å². The number of Topliss-reactive ketones (excluding diaryl/α,β-unsaturated/α-hetero) is 1. The largest absolute Gasteiger partial charge is 0.465 e. The Morgan fingerprint density at radius 3 is 2.50 bits per heavy atom. The zero-order valence-corrected chi connectivity index (χ0v) is 6.19. The van der Waals surface area contributed by atoms with Crippen LogP contribution in [-0.4, -0.2) is 40.4 Å². The Morgan fingerprint density at radius 2 is 2.17 bits per heavy atom. The van der Waals surface area contributed by atoms with Crippen LogP contribution in [0.5, 0.6) is 0 Å². The van der Waals surface area contributed by atoms with Crippen LogP contribution in [0.15, 0.2) is 0 Å². The van der Waals surface area contributed by atoms with Crippen molar-refractivity contribution in [3.05, 3.63) is 0 Å². The molecule has 0 aliphatic carbocycles. The molecule has 1 saturated heterocycles. The number of amides is 2. The molecule has 12 heavy (non-hydrogen) atoms. The number of nitrogens with two attached hydrogens (primary N) is 1. The second kappa shape index (κ2) is 2.80. The molecule has 1 aliphatic heterocycles. The van der Waals surface area contributed by atoms with Crippen molar-refractivity contribution in [2.45, 2.75) is 12.5 Å². The Kier molecular flexibility index (Phi) is 1.99. The van der Waals surface area contributed by atoms with Crippen molar-refractivity contribution in [1.82, 2.24) is 4.90 Å². The third-order valence-corrected chi connectivity index (χ3v) is 1.72. The highest BCUT2D eigenvalue weighted by Crippen LogP contribution is 2.13. The first-order chi connectivity index (χ1) is 5.52. The molecule has 66 valence electrons. The average Bonchev–Trinajstić information content (AvgIpc) is 2.31. The number of rotatable bonds is 1. The number of carbonyl (C=O) groups excluding carboxylic acids is 2. The highest BCUT2D eigenvalue weighted by molar-refractivity contribution is 5.96. The molecular weight excluding hydrogens is 164 g/mol. The lowest BCUT2D eigenvalue weighted by atomic mass is 10.2. The summed E-state index contributed by atoms with van der Waals surface area (Å²) < 4.78 is 0. The van der Waals surface area contributed by atoms with E-state index in [0.717, 1.165) is 4.90 Å². The first-order valence-corrected chi connectivity index (χ1v) is 3.33. The topological polar surface area (TPSA) is 101 Å². The summed E-state index contributed by atoms with van der Waals surface area (Å²) in [7, 11) is 0. The molecule has 0 aromatic carbocycles. The SMILES string of the molecule is NC(=O)C1CC(=O)CN1C(=O)O. The Bertz CT molecular complexity index is 226. The lowest BCUT2D eigenvalue weighted by Crippen LogP contribution is -2.42. The predicted molar refractivity (Wildman–Crippen MR) is 37.3 cm³/mol. The molecule has 6 nitrogen and oxygen atoms in total. The molecule has 6 heteroatoms. The van der Waals surface area contributed by atoms with Crippen molar-refractivity contribution >= 4 is 17.8 Å². The van der Waals surface area contributed by atoms with Gasteiger partial charge in [-0.1, -0.05) is 0 Å². The monoisotopic (exact) mass is 172 g/mol. The summed E-state index contributed by atoms with van der Waals surface area (Å²) in [5, 5.41) is 8.52. The third kappa shape index (κ3) is 1.36. The summed E-state index contributed by atoms with van der Waals surface area (Å²) in [5.41, 5.74) is 4.89. The fraction of sp³-hybridized carbons (Fsp3) is 0.500. The zero-order valence-electron chi connectivity index (χ0n) is 6.19. The number of hydrogen-bond acceptors (Lipinski definition) is 3. The summed E-state index contributed by atoms with van der Waals surface area (Å²) >= 11 is 0. The molecule has 1 atom stereocenters. The standard InChI is InChI=1S/C6H8N2O4/c7-5(10)4-1-3(9)2-8(4)6(11)12/h4H,1-2H2,(H2,7,10)(H,11,12). The lowest BCUT2D eigenvalue weighted by Gasteiger charge is -2.16. The molecular formula is C6H8N2O4. The smallest absolute Gasteiger partial charge is 0.408 e. The van der Waals surface area contributed by atoms with Crippen LogP contribution in [0.3, 0.4) is 0 Å². The van der Waals surface area contributed by atoms with Crippen LogP contribution in [-0.2, 0) is 9.59 Å². The van der Waals surface area contributed by atoms with Crippen LogP contribution in [0, 0.1) is 0 Å². The van der Waals surface area contributed by atoms with E-state index in [1.54, 1.807) is 0 Å². The fourth-order valence-electron chi connectivity index (χ4n) is 1.15. The Hall–Kier alpha value is -1.59. The number of carbonyl (C=O) groups is 3.